The maximum Gasteiger partial charge on any atom is 0.312 e. The van der Waals surface area contributed by atoms with Crippen molar-refractivity contribution in [2.45, 2.75) is 50.6 Å². The van der Waals surface area contributed by atoms with Crippen LogP contribution in [0.15, 0.2) is 17.2 Å². The topological polar surface area (TPSA) is 86.5 Å². The summed E-state index contributed by atoms with van der Waals surface area (Å²) in [5.74, 6) is -0.465. The molecule has 1 aliphatic heterocycles. The molecule has 1 aliphatic rings. The second-order valence-electron chi connectivity index (χ2n) is 7.67. The zero-order chi connectivity index (χ0) is 21.3. The third-order valence-corrected chi connectivity index (χ3v) is 6.07. The average Bonchev–Trinajstić information content (AvgIpc) is 2.81. The van der Waals surface area contributed by atoms with E-state index in [4.69, 9.17) is 17.4 Å². The summed E-state index contributed by atoms with van der Waals surface area (Å²) < 4.78 is 5.18. The van der Waals surface area contributed by atoms with Crippen molar-refractivity contribution >= 4 is 42.0 Å². The van der Waals surface area contributed by atoms with Gasteiger partial charge in [0.2, 0.25) is 5.91 Å². The molecule has 152 valence electrons. The van der Waals surface area contributed by atoms with Gasteiger partial charge >= 0.3 is 5.97 Å². The lowest BCUT2D eigenvalue weighted by Gasteiger charge is -2.36. The molecule has 1 atom stereocenters. The van der Waals surface area contributed by atoms with Crippen LogP contribution >= 0.6 is 24.4 Å². The Morgan fingerprint density at radius 3 is 2.68 bits per heavy atom. The fourth-order valence-electron chi connectivity index (χ4n) is 3.10. The van der Waals surface area contributed by atoms with Crippen LogP contribution in [-0.4, -0.2) is 52.2 Å². The predicted octanol–water partition coefficient (Wildman–Crippen LogP) is 2.91. The Hall–Kier alpha value is -1.76. The third-order valence-electron chi connectivity index (χ3n) is 4.81. The van der Waals surface area contributed by atoms with Crippen LogP contribution in [-0.2, 0) is 14.3 Å². The highest BCUT2D eigenvalue weighted by Crippen LogP contribution is 2.39. The number of anilines is 1. The Kier molecular flexibility index (Phi) is 6.69. The standard InChI is InChI=1S/C19H26N4O3S2/c1-7-26-16(25)18(2,3)11-22-17(27)23(15(24)19(22,4)5)12-8-14(28-6)13(9-20)21-10-12/h8,10,17,27H,7,11H2,1-6H3. The van der Waals surface area contributed by atoms with Crippen molar-refractivity contribution in [3.05, 3.63) is 18.0 Å². The number of carbonyl (C=O) groups excluding carboxylic acids is 2. The highest BCUT2D eigenvalue weighted by atomic mass is 32.2. The minimum atomic E-state index is -0.871. The number of ether oxygens (including phenoxy) is 1. The number of nitrogens with zero attached hydrogens (tertiary/aromatic N) is 4. The van der Waals surface area contributed by atoms with Gasteiger partial charge in [-0.15, -0.1) is 24.4 Å². The SMILES string of the molecule is CCOC(=O)C(C)(C)CN1C(S)N(c2cnc(C#N)c(SC)c2)C(=O)C1(C)C. The highest BCUT2D eigenvalue weighted by Gasteiger charge is 2.53. The van der Waals surface area contributed by atoms with E-state index in [1.54, 1.807) is 31.7 Å². The molecule has 1 aromatic rings. The normalized spacial score (nSPS) is 19.6. The van der Waals surface area contributed by atoms with E-state index in [-0.39, 0.29) is 11.9 Å². The van der Waals surface area contributed by atoms with E-state index >= 15 is 0 Å². The zero-order valence-electron chi connectivity index (χ0n) is 17.0. The fourth-order valence-corrected chi connectivity index (χ4v) is 4.24. The van der Waals surface area contributed by atoms with E-state index in [0.29, 0.717) is 29.4 Å². The smallest absolute Gasteiger partial charge is 0.312 e. The van der Waals surface area contributed by atoms with Gasteiger partial charge in [0.1, 0.15) is 11.6 Å². The van der Waals surface area contributed by atoms with E-state index < -0.39 is 16.5 Å². The number of hydrogen-bond acceptors (Lipinski definition) is 8. The van der Waals surface area contributed by atoms with Gasteiger partial charge in [-0.3, -0.25) is 19.4 Å². The zero-order valence-corrected chi connectivity index (χ0v) is 18.7. The molecule has 7 nitrogen and oxygen atoms in total. The summed E-state index contributed by atoms with van der Waals surface area (Å²) in [7, 11) is 0. The van der Waals surface area contributed by atoms with Crippen molar-refractivity contribution < 1.29 is 14.3 Å². The second-order valence-corrected chi connectivity index (χ2v) is 8.98. The summed E-state index contributed by atoms with van der Waals surface area (Å²) in [4.78, 5) is 33.9. The first-order valence-electron chi connectivity index (χ1n) is 8.91. The van der Waals surface area contributed by atoms with Crippen molar-refractivity contribution in [1.29, 1.82) is 5.26 Å². The summed E-state index contributed by atoms with van der Waals surface area (Å²) >= 11 is 6.08. The Morgan fingerprint density at radius 2 is 2.14 bits per heavy atom. The average molecular weight is 423 g/mol. The van der Waals surface area contributed by atoms with Gasteiger partial charge in [-0.25, -0.2) is 4.98 Å². The van der Waals surface area contributed by atoms with Crippen molar-refractivity contribution in [3.8, 4) is 6.07 Å². The first-order chi connectivity index (χ1) is 13.0. The first kappa shape index (κ1) is 22.5. The number of nitriles is 1. The molecule has 0 aliphatic carbocycles. The van der Waals surface area contributed by atoms with E-state index in [1.165, 1.54) is 18.0 Å². The molecular weight excluding hydrogens is 396 g/mol. The van der Waals surface area contributed by atoms with Crippen LogP contribution in [0.4, 0.5) is 5.69 Å². The molecular formula is C19H26N4O3S2. The fraction of sp³-hybridized carbons (Fsp3) is 0.579. The number of hydrogen-bond donors (Lipinski definition) is 1. The minimum Gasteiger partial charge on any atom is -0.466 e. The van der Waals surface area contributed by atoms with Crippen molar-refractivity contribution in [1.82, 2.24) is 9.88 Å². The molecule has 1 saturated heterocycles. The maximum atomic E-state index is 13.2. The number of carbonyl (C=O) groups is 2. The molecule has 0 saturated carbocycles. The van der Waals surface area contributed by atoms with Gasteiger partial charge in [-0.1, -0.05) is 0 Å². The number of pyridine rings is 1. The Bertz CT molecular complexity index is 820. The molecule has 28 heavy (non-hydrogen) atoms. The van der Waals surface area contributed by atoms with Gasteiger partial charge in [0, 0.05) is 11.4 Å². The van der Waals surface area contributed by atoms with Crippen LogP contribution in [0.5, 0.6) is 0 Å². The van der Waals surface area contributed by atoms with E-state index in [0.717, 1.165) is 0 Å². The van der Waals surface area contributed by atoms with Gasteiger partial charge in [0.15, 0.2) is 5.69 Å². The largest absolute Gasteiger partial charge is 0.466 e. The molecule has 0 spiro atoms. The summed E-state index contributed by atoms with van der Waals surface area (Å²) in [6.07, 6.45) is 3.36. The van der Waals surface area contributed by atoms with Gasteiger partial charge in [0.05, 0.1) is 29.4 Å². The number of amides is 1. The number of thioether (sulfide) groups is 1. The Labute approximate surface area is 175 Å². The minimum absolute atomic E-state index is 0.147. The van der Waals surface area contributed by atoms with Crippen LogP contribution in [0.2, 0.25) is 0 Å². The van der Waals surface area contributed by atoms with Crippen LogP contribution in [0.1, 0.15) is 40.3 Å². The molecule has 0 N–H and O–H groups in total. The second kappa shape index (κ2) is 8.31. The molecule has 2 rings (SSSR count). The monoisotopic (exact) mass is 422 g/mol. The number of thiol groups is 1. The molecule has 9 heteroatoms. The molecule has 0 radical (unpaired) electrons. The highest BCUT2D eigenvalue weighted by molar-refractivity contribution is 7.98. The van der Waals surface area contributed by atoms with Crippen LogP contribution in [0.3, 0.4) is 0 Å². The van der Waals surface area contributed by atoms with Gasteiger partial charge in [-0.2, -0.15) is 5.26 Å². The van der Waals surface area contributed by atoms with Crippen LogP contribution in [0.25, 0.3) is 0 Å². The lowest BCUT2D eigenvalue weighted by atomic mass is 9.91. The molecule has 1 fully saturated rings. The predicted molar refractivity (Wildman–Crippen MR) is 112 cm³/mol. The number of rotatable bonds is 6. The van der Waals surface area contributed by atoms with Crippen molar-refractivity contribution in [2.24, 2.45) is 5.41 Å². The maximum absolute atomic E-state index is 13.2. The molecule has 0 bridgehead atoms. The molecule has 0 aromatic carbocycles. The van der Waals surface area contributed by atoms with Gasteiger partial charge < -0.3 is 4.74 Å². The Balaban J connectivity index is 2.40. The summed E-state index contributed by atoms with van der Waals surface area (Å²) in [5.41, 5.74) is -1.38. The molecule has 1 unspecified atom stereocenters. The van der Waals surface area contributed by atoms with E-state index in [9.17, 15) is 14.9 Å². The van der Waals surface area contributed by atoms with Crippen LogP contribution < -0.4 is 4.90 Å². The van der Waals surface area contributed by atoms with Gasteiger partial charge in [0.25, 0.3) is 0 Å². The summed E-state index contributed by atoms with van der Waals surface area (Å²) in [6, 6.07) is 3.82. The quantitative estimate of drug-likeness (QED) is 0.428. The van der Waals surface area contributed by atoms with Crippen molar-refractivity contribution in [2.75, 3.05) is 24.3 Å². The number of aromatic nitrogens is 1. The summed E-state index contributed by atoms with van der Waals surface area (Å²) in [6.45, 7) is 9.58. The van der Waals surface area contributed by atoms with E-state index in [2.05, 4.69) is 11.1 Å². The van der Waals surface area contributed by atoms with Gasteiger partial charge in [-0.05, 0) is 46.9 Å². The Morgan fingerprint density at radius 1 is 1.50 bits per heavy atom. The van der Waals surface area contributed by atoms with E-state index in [1.807, 2.05) is 25.0 Å². The van der Waals surface area contributed by atoms with Crippen molar-refractivity contribution in [3.63, 3.8) is 0 Å². The first-order valence-corrected chi connectivity index (χ1v) is 10.6. The third kappa shape index (κ3) is 4.00. The summed E-state index contributed by atoms with van der Waals surface area (Å²) in [5, 5.41) is 9.18. The lowest BCUT2D eigenvalue weighted by Crippen LogP contribution is -2.50. The lowest BCUT2D eigenvalue weighted by molar-refractivity contribution is -0.155. The molecule has 1 aromatic heterocycles. The number of esters is 1. The molecule has 1 amide bonds. The van der Waals surface area contributed by atoms with Crippen LogP contribution in [0, 0.1) is 16.7 Å². The molecule has 2 heterocycles.